The molecule has 0 radical (unpaired) electrons. The van der Waals surface area contributed by atoms with Crippen LogP contribution in [0.2, 0.25) is 0 Å². The summed E-state index contributed by atoms with van der Waals surface area (Å²) in [5, 5.41) is 8.40. The summed E-state index contributed by atoms with van der Waals surface area (Å²) >= 11 is 0. The zero-order chi connectivity index (χ0) is 14.5. The molecule has 106 valence electrons. The maximum atomic E-state index is 11.3. The van der Waals surface area contributed by atoms with Crippen molar-refractivity contribution in [3.63, 3.8) is 0 Å². The third-order valence-corrected chi connectivity index (χ3v) is 2.64. The van der Waals surface area contributed by atoms with Gasteiger partial charge in [-0.1, -0.05) is 6.07 Å². The minimum absolute atomic E-state index is 0.212. The first-order valence-electron chi connectivity index (χ1n) is 6.05. The summed E-state index contributed by atoms with van der Waals surface area (Å²) in [4.78, 5) is 21.6. The number of ether oxygens (including phenoxy) is 3. The van der Waals surface area contributed by atoms with E-state index in [1.807, 2.05) is 12.1 Å². The number of aliphatic carboxylic acids is 1. The normalized spacial score (nSPS) is 14.2. The van der Waals surface area contributed by atoms with Crippen LogP contribution >= 0.6 is 0 Å². The van der Waals surface area contributed by atoms with E-state index in [1.54, 1.807) is 13.0 Å². The van der Waals surface area contributed by atoms with Gasteiger partial charge in [-0.2, -0.15) is 0 Å². The van der Waals surface area contributed by atoms with Crippen LogP contribution in [0.15, 0.2) is 30.4 Å². The lowest BCUT2D eigenvalue weighted by molar-refractivity contribution is -0.142. The largest absolute Gasteiger partial charge is 0.478 e. The summed E-state index contributed by atoms with van der Waals surface area (Å²) in [5.41, 5.74) is 0.941. The van der Waals surface area contributed by atoms with Gasteiger partial charge in [-0.05, 0) is 24.6 Å². The van der Waals surface area contributed by atoms with Crippen LogP contribution < -0.4 is 9.47 Å². The molecule has 0 aliphatic carbocycles. The average Bonchev–Trinajstić information content (AvgIpc) is 2.83. The van der Waals surface area contributed by atoms with E-state index in [1.165, 1.54) is 0 Å². The van der Waals surface area contributed by atoms with Crippen LogP contribution in [-0.4, -0.2) is 29.9 Å². The molecule has 0 aromatic heterocycles. The highest BCUT2D eigenvalue weighted by Crippen LogP contribution is 2.32. The Hall–Kier alpha value is -2.50. The van der Waals surface area contributed by atoms with E-state index in [0.29, 0.717) is 17.9 Å². The molecule has 2 rings (SSSR count). The topological polar surface area (TPSA) is 82.1 Å². The fourth-order valence-electron chi connectivity index (χ4n) is 1.82. The van der Waals surface area contributed by atoms with Gasteiger partial charge in [-0.15, -0.1) is 0 Å². The molecule has 0 fully saturated rings. The van der Waals surface area contributed by atoms with Gasteiger partial charge in [0.1, 0.15) is 6.10 Å². The number of fused-ring (bicyclic) bond motifs is 1. The quantitative estimate of drug-likeness (QED) is 0.649. The standard InChI is InChI=1S/C14H14O6/c1-9(20-14(17)5-4-13(15)16)6-10-2-3-11-12(7-10)19-8-18-11/h2-5,7,9H,6,8H2,1H3,(H,15,16)/b5-4-/t9-/m0/s1. The molecular weight excluding hydrogens is 264 g/mol. The van der Waals surface area contributed by atoms with Crippen molar-refractivity contribution in [1.29, 1.82) is 0 Å². The lowest BCUT2D eigenvalue weighted by Crippen LogP contribution is -2.16. The predicted octanol–water partition coefficient (Wildman–Crippen LogP) is 1.53. The van der Waals surface area contributed by atoms with Crippen LogP contribution in [0.1, 0.15) is 12.5 Å². The Morgan fingerprint density at radius 3 is 2.85 bits per heavy atom. The maximum Gasteiger partial charge on any atom is 0.331 e. The second-order valence-corrected chi connectivity index (χ2v) is 4.31. The summed E-state index contributed by atoms with van der Waals surface area (Å²) in [6, 6.07) is 5.50. The Bertz CT molecular complexity index is 549. The van der Waals surface area contributed by atoms with Crippen molar-refractivity contribution in [3.8, 4) is 11.5 Å². The molecule has 1 heterocycles. The molecule has 6 nitrogen and oxygen atoms in total. The molecule has 0 saturated heterocycles. The van der Waals surface area contributed by atoms with Crippen LogP contribution in [0.4, 0.5) is 0 Å². The number of benzene rings is 1. The molecule has 1 aliphatic heterocycles. The highest BCUT2D eigenvalue weighted by molar-refractivity contribution is 5.90. The van der Waals surface area contributed by atoms with Gasteiger partial charge in [-0.25, -0.2) is 9.59 Å². The van der Waals surface area contributed by atoms with Crippen molar-refractivity contribution in [1.82, 2.24) is 0 Å². The van der Waals surface area contributed by atoms with E-state index >= 15 is 0 Å². The Labute approximate surface area is 115 Å². The minimum Gasteiger partial charge on any atom is -0.478 e. The summed E-state index contributed by atoms with van der Waals surface area (Å²) < 4.78 is 15.5. The van der Waals surface area contributed by atoms with Crippen molar-refractivity contribution >= 4 is 11.9 Å². The number of esters is 1. The van der Waals surface area contributed by atoms with E-state index in [4.69, 9.17) is 19.3 Å². The molecule has 0 unspecified atom stereocenters. The van der Waals surface area contributed by atoms with Crippen LogP contribution in [0.5, 0.6) is 11.5 Å². The molecule has 0 bridgehead atoms. The number of carboxylic acids is 1. The molecule has 1 aromatic rings. The van der Waals surface area contributed by atoms with E-state index < -0.39 is 11.9 Å². The van der Waals surface area contributed by atoms with E-state index in [2.05, 4.69) is 0 Å². The number of rotatable bonds is 5. The molecule has 0 saturated carbocycles. The molecule has 0 spiro atoms. The lowest BCUT2D eigenvalue weighted by atomic mass is 10.1. The van der Waals surface area contributed by atoms with Crippen molar-refractivity contribution in [3.05, 3.63) is 35.9 Å². The average molecular weight is 278 g/mol. The second kappa shape index (κ2) is 6.10. The number of carbonyl (C=O) groups excluding carboxylic acids is 1. The first kappa shape index (κ1) is 13.9. The van der Waals surface area contributed by atoms with Gasteiger partial charge in [0, 0.05) is 18.6 Å². The molecule has 0 amide bonds. The zero-order valence-corrected chi connectivity index (χ0v) is 10.9. The second-order valence-electron chi connectivity index (χ2n) is 4.31. The van der Waals surface area contributed by atoms with Gasteiger partial charge in [0.2, 0.25) is 6.79 Å². The molecule has 1 atom stereocenters. The molecule has 20 heavy (non-hydrogen) atoms. The fourth-order valence-corrected chi connectivity index (χ4v) is 1.82. The van der Waals surface area contributed by atoms with Gasteiger partial charge in [-0.3, -0.25) is 0 Å². The fraction of sp³-hybridized carbons (Fsp3) is 0.286. The smallest absolute Gasteiger partial charge is 0.331 e. The Morgan fingerprint density at radius 2 is 2.10 bits per heavy atom. The van der Waals surface area contributed by atoms with Gasteiger partial charge >= 0.3 is 11.9 Å². The van der Waals surface area contributed by atoms with Gasteiger partial charge in [0.15, 0.2) is 11.5 Å². The lowest BCUT2D eigenvalue weighted by Gasteiger charge is -2.12. The highest BCUT2D eigenvalue weighted by atomic mass is 16.7. The van der Waals surface area contributed by atoms with E-state index in [0.717, 1.165) is 17.7 Å². The Balaban J connectivity index is 1.89. The summed E-state index contributed by atoms with van der Waals surface area (Å²) in [6.07, 6.45) is 1.76. The number of hydrogen-bond donors (Lipinski definition) is 1. The van der Waals surface area contributed by atoms with E-state index in [-0.39, 0.29) is 12.9 Å². The van der Waals surface area contributed by atoms with Crippen molar-refractivity contribution in [2.75, 3.05) is 6.79 Å². The SMILES string of the molecule is C[C@@H](Cc1ccc2c(c1)OCO2)OC(=O)/C=C\C(=O)O. The zero-order valence-electron chi connectivity index (χ0n) is 10.9. The number of carbonyl (C=O) groups is 2. The number of carboxylic acid groups (broad SMARTS) is 1. The van der Waals surface area contributed by atoms with Crippen LogP contribution in [0.25, 0.3) is 0 Å². The highest BCUT2D eigenvalue weighted by Gasteiger charge is 2.15. The third-order valence-electron chi connectivity index (χ3n) is 2.64. The monoisotopic (exact) mass is 278 g/mol. The van der Waals surface area contributed by atoms with E-state index in [9.17, 15) is 9.59 Å². The molecule has 6 heteroatoms. The summed E-state index contributed by atoms with van der Waals surface area (Å²) in [6.45, 7) is 1.94. The Morgan fingerprint density at radius 1 is 1.35 bits per heavy atom. The molecular formula is C14H14O6. The number of hydrogen-bond acceptors (Lipinski definition) is 5. The first-order chi connectivity index (χ1) is 9.54. The maximum absolute atomic E-state index is 11.3. The predicted molar refractivity (Wildman–Crippen MR) is 68.6 cm³/mol. The van der Waals surface area contributed by atoms with Gasteiger partial charge in [0.05, 0.1) is 0 Å². The van der Waals surface area contributed by atoms with Crippen molar-refractivity contribution in [2.45, 2.75) is 19.4 Å². The minimum atomic E-state index is -1.19. The molecule has 1 aromatic carbocycles. The van der Waals surface area contributed by atoms with Crippen LogP contribution in [-0.2, 0) is 20.7 Å². The third kappa shape index (κ3) is 3.74. The summed E-state index contributed by atoms with van der Waals surface area (Å²) in [7, 11) is 0. The van der Waals surface area contributed by atoms with Gasteiger partial charge in [0.25, 0.3) is 0 Å². The summed E-state index contributed by atoms with van der Waals surface area (Å²) in [5.74, 6) is -0.499. The molecule has 1 aliphatic rings. The Kier molecular flexibility index (Phi) is 4.24. The van der Waals surface area contributed by atoms with Gasteiger partial charge < -0.3 is 19.3 Å². The molecule has 1 N–H and O–H groups in total. The van der Waals surface area contributed by atoms with Crippen molar-refractivity contribution in [2.24, 2.45) is 0 Å². The first-order valence-corrected chi connectivity index (χ1v) is 6.05. The van der Waals surface area contributed by atoms with Crippen LogP contribution in [0.3, 0.4) is 0 Å². The van der Waals surface area contributed by atoms with Crippen LogP contribution in [0, 0.1) is 0 Å². The van der Waals surface area contributed by atoms with Crippen molar-refractivity contribution < 1.29 is 28.9 Å².